The van der Waals surface area contributed by atoms with Gasteiger partial charge in [0.05, 0.1) is 10.0 Å². The van der Waals surface area contributed by atoms with E-state index >= 15 is 0 Å². The molecule has 0 bridgehead atoms. The summed E-state index contributed by atoms with van der Waals surface area (Å²) in [6.07, 6.45) is 2.14. The van der Waals surface area contributed by atoms with Gasteiger partial charge >= 0.3 is 0 Å². The first-order chi connectivity index (χ1) is 7.19. The largest absolute Gasteiger partial charge is 0.486 e. The van der Waals surface area contributed by atoms with Gasteiger partial charge in [-0.05, 0) is 12.1 Å². The van der Waals surface area contributed by atoms with Crippen LogP contribution in [0.5, 0.6) is 5.75 Å². The van der Waals surface area contributed by atoms with Gasteiger partial charge in [0.1, 0.15) is 6.61 Å². The Balaban J connectivity index is 2.97. The number of hydrogen-bond acceptors (Lipinski definition) is 2. The summed E-state index contributed by atoms with van der Waals surface area (Å²) >= 11 is 11.8. The van der Waals surface area contributed by atoms with Crippen molar-refractivity contribution < 1.29 is 9.53 Å². The minimum atomic E-state index is 0.319. The minimum absolute atomic E-state index is 0.319. The molecule has 0 saturated carbocycles. The number of carbonyl (C=O) groups is 1. The molecule has 0 heterocycles. The van der Waals surface area contributed by atoms with Crippen LogP contribution < -0.4 is 10.1 Å². The highest BCUT2D eigenvalue weighted by Crippen LogP contribution is 2.35. The molecule has 15 heavy (non-hydrogen) atoms. The zero-order chi connectivity index (χ0) is 11.3. The molecule has 5 heteroatoms. The second-order valence-corrected chi connectivity index (χ2v) is 3.45. The van der Waals surface area contributed by atoms with Crippen molar-refractivity contribution in [3.8, 4) is 5.75 Å². The van der Waals surface area contributed by atoms with Crippen LogP contribution in [0.3, 0.4) is 0 Å². The highest BCUT2D eigenvalue weighted by molar-refractivity contribution is 6.37. The molecule has 1 amide bonds. The first-order valence-corrected chi connectivity index (χ1v) is 4.87. The average Bonchev–Trinajstić information content (AvgIpc) is 2.17. The fraction of sp³-hybridized carbons (Fsp3) is 0.100. The summed E-state index contributed by atoms with van der Waals surface area (Å²) in [5, 5.41) is 3.13. The minimum Gasteiger partial charge on any atom is -0.486 e. The van der Waals surface area contributed by atoms with Crippen LogP contribution in [-0.2, 0) is 4.79 Å². The van der Waals surface area contributed by atoms with E-state index < -0.39 is 0 Å². The summed E-state index contributed by atoms with van der Waals surface area (Å²) in [5.41, 5.74) is 0.519. The van der Waals surface area contributed by atoms with Crippen LogP contribution in [0.1, 0.15) is 0 Å². The molecule has 0 unspecified atom stereocenters. The number of amides is 1. The van der Waals surface area contributed by atoms with Gasteiger partial charge in [-0.25, -0.2) is 0 Å². The predicted molar refractivity (Wildman–Crippen MR) is 61.8 cm³/mol. The number of halogens is 2. The quantitative estimate of drug-likeness (QED) is 0.640. The van der Waals surface area contributed by atoms with Crippen molar-refractivity contribution in [2.45, 2.75) is 0 Å². The maximum absolute atomic E-state index is 10.2. The standard InChI is InChI=1S/C10H9Cl2NO2/c1-2-3-15-10-8(11)4-7(13-6-14)5-9(10)12/h2,4-6H,1,3H2,(H,13,14). The number of ether oxygens (including phenoxy) is 1. The lowest BCUT2D eigenvalue weighted by Gasteiger charge is -2.09. The van der Waals surface area contributed by atoms with Crippen molar-refractivity contribution in [3.63, 3.8) is 0 Å². The Hall–Kier alpha value is -1.19. The van der Waals surface area contributed by atoms with E-state index in [4.69, 9.17) is 27.9 Å². The molecule has 1 N–H and O–H groups in total. The lowest BCUT2D eigenvalue weighted by Crippen LogP contribution is -1.97. The van der Waals surface area contributed by atoms with Gasteiger partial charge in [0.15, 0.2) is 5.75 Å². The maximum atomic E-state index is 10.2. The molecule has 1 aromatic carbocycles. The Bertz CT molecular complexity index is 357. The normalized spacial score (nSPS) is 9.47. The molecule has 0 spiro atoms. The lowest BCUT2D eigenvalue weighted by atomic mass is 10.3. The summed E-state index contributed by atoms with van der Waals surface area (Å²) in [6.45, 7) is 3.83. The molecule has 1 rings (SSSR count). The second-order valence-electron chi connectivity index (χ2n) is 2.63. The van der Waals surface area contributed by atoms with Crippen LogP contribution in [0.15, 0.2) is 24.8 Å². The van der Waals surface area contributed by atoms with Crippen LogP contribution in [0.25, 0.3) is 0 Å². The van der Waals surface area contributed by atoms with Crippen LogP contribution in [0.4, 0.5) is 5.69 Å². The third-order valence-electron chi connectivity index (χ3n) is 1.57. The van der Waals surface area contributed by atoms with Gasteiger partial charge < -0.3 is 10.1 Å². The zero-order valence-electron chi connectivity index (χ0n) is 7.80. The van der Waals surface area contributed by atoms with Gasteiger partial charge in [-0.2, -0.15) is 0 Å². The average molecular weight is 246 g/mol. The van der Waals surface area contributed by atoms with Crippen LogP contribution in [0.2, 0.25) is 10.0 Å². The van der Waals surface area contributed by atoms with Gasteiger partial charge in [-0.15, -0.1) is 0 Å². The highest BCUT2D eigenvalue weighted by atomic mass is 35.5. The Morgan fingerprint density at radius 3 is 2.47 bits per heavy atom. The van der Waals surface area contributed by atoms with E-state index in [9.17, 15) is 4.79 Å². The fourth-order valence-electron chi connectivity index (χ4n) is 0.991. The van der Waals surface area contributed by atoms with Gasteiger partial charge in [-0.3, -0.25) is 4.79 Å². The third kappa shape index (κ3) is 3.15. The molecule has 0 radical (unpaired) electrons. The lowest BCUT2D eigenvalue weighted by molar-refractivity contribution is -0.105. The summed E-state index contributed by atoms with van der Waals surface area (Å²) in [7, 11) is 0. The number of nitrogens with one attached hydrogen (secondary N) is 1. The molecule has 0 aliphatic rings. The monoisotopic (exact) mass is 245 g/mol. The van der Waals surface area contributed by atoms with Crippen LogP contribution >= 0.6 is 23.2 Å². The molecule has 0 aliphatic carbocycles. The van der Waals surface area contributed by atoms with E-state index in [1.807, 2.05) is 0 Å². The summed E-state index contributed by atoms with van der Waals surface area (Å²) in [4.78, 5) is 10.2. The molecule has 0 aliphatic heterocycles. The fourth-order valence-corrected chi connectivity index (χ4v) is 1.59. The van der Waals surface area contributed by atoms with E-state index in [2.05, 4.69) is 11.9 Å². The third-order valence-corrected chi connectivity index (χ3v) is 2.13. The number of carbonyl (C=O) groups excluding carboxylic acids is 1. The molecule has 0 aromatic heterocycles. The van der Waals surface area contributed by atoms with Crippen molar-refractivity contribution in [1.82, 2.24) is 0 Å². The summed E-state index contributed by atoms with van der Waals surface area (Å²) in [5.74, 6) is 0.384. The van der Waals surface area contributed by atoms with Crippen molar-refractivity contribution in [1.29, 1.82) is 0 Å². The van der Waals surface area contributed by atoms with Crippen LogP contribution in [-0.4, -0.2) is 13.0 Å². The smallest absolute Gasteiger partial charge is 0.211 e. The van der Waals surface area contributed by atoms with E-state index in [1.54, 1.807) is 18.2 Å². The van der Waals surface area contributed by atoms with Gasteiger partial charge in [0, 0.05) is 5.69 Å². The Morgan fingerprint density at radius 1 is 1.40 bits per heavy atom. The van der Waals surface area contributed by atoms with Crippen molar-refractivity contribution in [2.75, 3.05) is 11.9 Å². The Kier molecular flexibility index (Phi) is 4.46. The highest BCUT2D eigenvalue weighted by Gasteiger charge is 2.08. The Labute approximate surface area is 97.6 Å². The van der Waals surface area contributed by atoms with Gasteiger partial charge in [-0.1, -0.05) is 35.9 Å². The molecule has 80 valence electrons. The van der Waals surface area contributed by atoms with Crippen molar-refractivity contribution in [2.24, 2.45) is 0 Å². The topological polar surface area (TPSA) is 38.3 Å². The van der Waals surface area contributed by atoms with Crippen molar-refractivity contribution in [3.05, 3.63) is 34.8 Å². The van der Waals surface area contributed by atoms with E-state index in [0.29, 0.717) is 34.5 Å². The summed E-state index contributed by atoms with van der Waals surface area (Å²) in [6, 6.07) is 3.11. The number of benzene rings is 1. The maximum Gasteiger partial charge on any atom is 0.211 e. The molecule has 0 saturated heterocycles. The second kappa shape index (κ2) is 5.63. The SMILES string of the molecule is C=CCOc1c(Cl)cc(NC=O)cc1Cl. The first kappa shape index (κ1) is 11.9. The van der Waals surface area contributed by atoms with Gasteiger partial charge in [0.2, 0.25) is 6.41 Å². The molecule has 0 fully saturated rings. The summed E-state index contributed by atoms with van der Waals surface area (Å²) < 4.78 is 5.25. The molecule has 0 atom stereocenters. The first-order valence-electron chi connectivity index (χ1n) is 4.12. The van der Waals surface area contributed by atoms with E-state index in [-0.39, 0.29) is 0 Å². The number of hydrogen-bond donors (Lipinski definition) is 1. The van der Waals surface area contributed by atoms with Gasteiger partial charge in [0.25, 0.3) is 0 Å². The Morgan fingerprint density at radius 2 is 2.00 bits per heavy atom. The van der Waals surface area contributed by atoms with E-state index in [1.165, 1.54) is 0 Å². The molecule has 3 nitrogen and oxygen atoms in total. The molecule has 1 aromatic rings. The van der Waals surface area contributed by atoms with E-state index in [0.717, 1.165) is 0 Å². The number of rotatable bonds is 5. The molecular weight excluding hydrogens is 237 g/mol. The predicted octanol–water partition coefficient (Wildman–Crippen LogP) is 3.13. The van der Waals surface area contributed by atoms with Crippen molar-refractivity contribution >= 4 is 35.3 Å². The molecular formula is C10H9Cl2NO2. The van der Waals surface area contributed by atoms with Crippen LogP contribution in [0, 0.1) is 0 Å². The zero-order valence-corrected chi connectivity index (χ0v) is 9.31. The number of anilines is 1.